The molecule has 0 aliphatic carbocycles. The molecule has 3 heteroatoms. The Bertz CT molecular complexity index is 554. The second-order valence-corrected chi connectivity index (χ2v) is 6.15. The maximum atomic E-state index is 9.44. The Balaban J connectivity index is 1.70. The van der Waals surface area contributed by atoms with Gasteiger partial charge in [-0.25, -0.2) is 0 Å². The van der Waals surface area contributed by atoms with E-state index in [1.165, 1.54) is 32.1 Å². The van der Waals surface area contributed by atoms with Crippen LogP contribution in [0.5, 0.6) is 11.5 Å². The molecule has 0 aromatic heterocycles. The zero-order valence-corrected chi connectivity index (χ0v) is 13.9. The molecule has 0 aliphatic heterocycles. The Morgan fingerprint density at radius 3 is 2.29 bits per heavy atom. The molecule has 0 unspecified atom stereocenters. The maximum absolute atomic E-state index is 9.44. The highest BCUT2D eigenvalue weighted by Crippen LogP contribution is 2.24. The number of benzene rings is 2. The number of phenols is 1. The van der Waals surface area contributed by atoms with Gasteiger partial charge in [0.05, 0.1) is 6.61 Å². The first kappa shape index (κ1) is 16.2. The number of alkyl halides is 1. The van der Waals surface area contributed by atoms with Gasteiger partial charge in [0, 0.05) is 5.33 Å². The number of hydrogen-bond acceptors (Lipinski definition) is 2. The van der Waals surface area contributed by atoms with Crippen LogP contribution in [0.3, 0.4) is 0 Å². The predicted molar refractivity (Wildman–Crippen MR) is 92.6 cm³/mol. The fourth-order valence-corrected chi connectivity index (χ4v) is 2.79. The van der Waals surface area contributed by atoms with Crippen molar-refractivity contribution in [2.45, 2.75) is 38.5 Å². The Kier molecular flexibility index (Phi) is 6.87. The molecular weight excluding hydrogens is 328 g/mol. The highest BCUT2D eigenvalue weighted by molar-refractivity contribution is 9.09. The smallest absolute Gasteiger partial charge is 0.119 e. The summed E-state index contributed by atoms with van der Waals surface area (Å²) in [6.07, 6.45) is 7.58. The number of fused-ring (bicyclic) bond motifs is 1. The second kappa shape index (κ2) is 8.93. The van der Waals surface area contributed by atoms with Crippen molar-refractivity contribution < 1.29 is 9.84 Å². The van der Waals surface area contributed by atoms with Crippen LogP contribution in [0.1, 0.15) is 38.5 Å². The lowest BCUT2D eigenvalue weighted by Gasteiger charge is -2.07. The van der Waals surface area contributed by atoms with Crippen LogP contribution in [0, 0.1) is 0 Å². The third-order valence-corrected chi connectivity index (χ3v) is 4.15. The van der Waals surface area contributed by atoms with Crippen LogP contribution in [0.15, 0.2) is 36.4 Å². The zero-order chi connectivity index (χ0) is 14.9. The molecule has 2 rings (SSSR count). The molecule has 0 amide bonds. The van der Waals surface area contributed by atoms with Gasteiger partial charge in [-0.1, -0.05) is 53.7 Å². The molecule has 0 atom stereocenters. The first-order valence-electron chi connectivity index (χ1n) is 7.71. The van der Waals surface area contributed by atoms with E-state index >= 15 is 0 Å². The van der Waals surface area contributed by atoms with E-state index in [0.29, 0.717) is 5.75 Å². The van der Waals surface area contributed by atoms with Crippen LogP contribution < -0.4 is 4.74 Å². The van der Waals surface area contributed by atoms with Gasteiger partial charge >= 0.3 is 0 Å². The van der Waals surface area contributed by atoms with Gasteiger partial charge in [-0.05, 0) is 47.9 Å². The first-order valence-corrected chi connectivity index (χ1v) is 8.83. The number of aromatic hydroxyl groups is 1. The Labute approximate surface area is 135 Å². The van der Waals surface area contributed by atoms with Gasteiger partial charge in [0.25, 0.3) is 0 Å². The van der Waals surface area contributed by atoms with Crippen molar-refractivity contribution in [2.75, 3.05) is 11.9 Å². The van der Waals surface area contributed by atoms with Crippen molar-refractivity contribution in [1.29, 1.82) is 0 Å². The van der Waals surface area contributed by atoms with E-state index in [1.807, 2.05) is 24.3 Å². The van der Waals surface area contributed by atoms with Crippen molar-refractivity contribution in [3.05, 3.63) is 36.4 Å². The Hall–Kier alpha value is -1.22. The minimum Gasteiger partial charge on any atom is -0.508 e. The Morgan fingerprint density at radius 2 is 1.48 bits per heavy atom. The minimum absolute atomic E-state index is 0.302. The molecule has 0 bridgehead atoms. The molecule has 0 spiro atoms. The molecule has 0 saturated carbocycles. The molecule has 2 nitrogen and oxygen atoms in total. The summed E-state index contributed by atoms with van der Waals surface area (Å²) in [4.78, 5) is 0. The third-order valence-electron chi connectivity index (χ3n) is 3.59. The molecule has 0 heterocycles. The molecule has 1 N–H and O–H groups in total. The summed E-state index contributed by atoms with van der Waals surface area (Å²) in [5.41, 5.74) is 0. The summed E-state index contributed by atoms with van der Waals surface area (Å²) >= 11 is 3.46. The summed E-state index contributed by atoms with van der Waals surface area (Å²) < 4.78 is 5.80. The summed E-state index contributed by atoms with van der Waals surface area (Å²) in [6.45, 7) is 0.780. The fraction of sp³-hybridized carbons (Fsp3) is 0.444. The van der Waals surface area contributed by atoms with E-state index in [4.69, 9.17) is 4.74 Å². The van der Waals surface area contributed by atoms with E-state index in [-0.39, 0.29) is 0 Å². The van der Waals surface area contributed by atoms with Crippen LogP contribution in [0.2, 0.25) is 0 Å². The number of unbranched alkanes of at least 4 members (excludes halogenated alkanes) is 5. The van der Waals surface area contributed by atoms with Gasteiger partial charge in [0.15, 0.2) is 0 Å². The highest BCUT2D eigenvalue weighted by Gasteiger charge is 1.99. The lowest BCUT2D eigenvalue weighted by Crippen LogP contribution is -1.97. The number of phenolic OH excluding ortho intramolecular Hbond substituents is 1. The number of rotatable bonds is 9. The first-order chi connectivity index (χ1) is 10.3. The predicted octanol–water partition coefficient (Wildman–Crippen LogP) is 5.66. The van der Waals surface area contributed by atoms with Crippen molar-refractivity contribution in [3.63, 3.8) is 0 Å². The third kappa shape index (κ3) is 5.58. The number of ether oxygens (including phenoxy) is 1. The van der Waals surface area contributed by atoms with E-state index in [2.05, 4.69) is 15.9 Å². The zero-order valence-electron chi connectivity index (χ0n) is 12.4. The lowest BCUT2D eigenvalue weighted by molar-refractivity contribution is 0.305. The SMILES string of the molecule is Oc1ccc2cc(OCCCCCCCCBr)ccc2c1. The van der Waals surface area contributed by atoms with Gasteiger partial charge in [-0.3, -0.25) is 0 Å². The standard InChI is InChI=1S/C18H23BrO2/c19-11-5-3-1-2-4-6-12-21-18-10-8-15-13-17(20)9-7-16(15)14-18/h7-10,13-14,20H,1-6,11-12H2. The molecule has 0 fully saturated rings. The molecular formula is C18H23BrO2. The molecule has 0 aliphatic rings. The van der Waals surface area contributed by atoms with Crippen molar-refractivity contribution in [1.82, 2.24) is 0 Å². The molecule has 114 valence electrons. The number of hydrogen-bond donors (Lipinski definition) is 1. The molecule has 21 heavy (non-hydrogen) atoms. The summed E-state index contributed by atoms with van der Waals surface area (Å²) in [6, 6.07) is 11.4. The second-order valence-electron chi connectivity index (χ2n) is 5.35. The van der Waals surface area contributed by atoms with E-state index in [9.17, 15) is 5.11 Å². The van der Waals surface area contributed by atoms with Crippen molar-refractivity contribution in [2.24, 2.45) is 0 Å². The van der Waals surface area contributed by atoms with Crippen LogP contribution >= 0.6 is 15.9 Å². The van der Waals surface area contributed by atoms with E-state index < -0.39 is 0 Å². The van der Waals surface area contributed by atoms with Crippen LogP contribution in [-0.2, 0) is 0 Å². The monoisotopic (exact) mass is 350 g/mol. The van der Waals surface area contributed by atoms with Gasteiger partial charge in [-0.2, -0.15) is 0 Å². The lowest BCUT2D eigenvalue weighted by atomic mass is 10.1. The quantitative estimate of drug-likeness (QED) is 0.467. The average Bonchev–Trinajstić information content (AvgIpc) is 2.50. The van der Waals surface area contributed by atoms with Crippen molar-refractivity contribution >= 4 is 26.7 Å². The van der Waals surface area contributed by atoms with Crippen LogP contribution in [0.4, 0.5) is 0 Å². The minimum atomic E-state index is 0.302. The summed E-state index contributed by atoms with van der Waals surface area (Å²) in [5, 5.41) is 12.7. The highest BCUT2D eigenvalue weighted by atomic mass is 79.9. The van der Waals surface area contributed by atoms with E-state index in [1.54, 1.807) is 12.1 Å². The normalized spacial score (nSPS) is 10.9. The number of halogens is 1. The van der Waals surface area contributed by atoms with Crippen LogP contribution in [-0.4, -0.2) is 17.0 Å². The van der Waals surface area contributed by atoms with Crippen molar-refractivity contribution in [3.8, 4) is 11.5 Å². The summed E-state index contributed by atoms with van der Waals surface area (Å²) in [7, 11) is 0. The summed E-state index contributed by atoms with van der Waals surface area (Å²) in [5.74, 6) is 1.21. The maximum Gasteiger partial charge on any atom is 0.119 e. The molecule has 0 saturated heterocycles. The fourth-order valence-electron chi connectivity index (χ4n) is 2.39. The molecule has 2 aromatic carbocycles. The topological polar surface area (TPSA) is 29.5 Å². The van der Waals surface area contributed by atoms with Gasteiger partial charge in [0.1, 0.15) is 11.5 Å². The van der Waals surface area contributed by atoms with Crippen LogP contribution in [0.25, 0.3) is 10.8 Å². The molecule has 2 aromatic rings. The average molecular weight is 351 g/mol. The Morgan fingerprint density at radius 1 is 0.810 bits per heavy atom. The largest absolute Gasteiger partial charge is 0.508 e. The molecule has 0 radical (unpaired) electrons. The van der Waals surface area contributed by atoms with Gasteiger partial charge < -0.3 is 9.84 Å². The van der Waals surface area contributed by atoms with Gasteiger partial charge in [0.2, 0.25) is 0 Å². The van der Waals surface area contributed by atoms with E-state index in [0.717, 1.165) is 34.9 Å². The van der Waals surface area contributed by atoms with Gasteiger partial charge in [-0.15, -0.1) is 0 Å².